The molecule has 6 heteroatoms. The second kappa shape index (κ2) is 6.54. The number of nitrogens with zero attached hydrogens (tertiary/aromatic N) is 3. The van der Waals surface area contributed by atoms with Crippen LogP contribution in [0.1, 0.15) is 0 Å². The van der Waals surface area contributed by atoms with Gasteiger partial charge in [-0.2, -0.15) is 5.26 Å². The van der Waals surface area contributed by atoms with Crippen LogP contribution in [0.3, 0.4) is 0 Å². The molecule has 0 radical (unpaired) electrons. The first-order valence-corrected chi connectivity index (χ1v) is 11.3. The third kappa shape index (κ3) is 22.5. The smallest absolute Gasteiger partial charge is 0.186 e. The van der Waals surface area contributed by atoms with Gasteiger partial charge in [-0.1, -0.05) is 0 Å². The third-order valence-corrected chi connectivity index (χ3v) is 2.31. The zero-order valence-corrected chi connectivity index (χ0v) is 11.9. The van der Waals surface area contributed by atoms with Gasteiger partial charge in [0.15, 0.2) is 22.7 Å². The Kier molecular flexibility index (Phi) is 7.28. The minimum absolute atomic E-state index is 1.25. The van der Waals surface area contributed by atoms with Crippen LogP contribution in [0.15, 0.2) is 9.32 Å². The fourth-order valence-electron chi connectivity index (χ4n) is 0.325. The van der Waals surface area contributed by atoms with Gasteiger partial charge in [0.2, 0.25) is 0 Å². The Morgan fingerprint density at radius 3 is 1.29 bits per heavy atom. The lowest BCUT2D eigenvalue weighted by atomic mass is 11.5. The predicted octanol–water partition coefficient (Wildman–Crippen LogP) is 2.26. The molecule has 0 aliphatic carbocycles. The minimum atomic E-state index is -1.31. The number of nitriles is 1. The Morgan fingerprint density at radius 1 is 0.929 bits per heavy atom. The van der Waals surface area contributed by atoms with Crippen LogP contribution in [-0.4, -0.2) is 22.5 Å². The molecule has 0 aliphatic heterocycles. The Bertz CT molecular complexity index is 230. The maximum absolute atomic E-state index is 7.10. The summed E-state index contributed by atoms with van der Waals surface area (Å²) < 4.78 is 8.60. The van der Waals surface area contributed by atoms with Gasteiger partial charge >= 0.3 is 0 Å². The molecule has 0 heterocycles. The molecule has 0 unspecified atom stereocenters. The van der Waals surface area contributed by atoms with Crippen molar-refractivity contribution in [2.45, 2.75) is 39.3 Å². The topological polar surface area (TPSA) is 74.5 Å². The van der Waals surface area contributed by atoms with Crippen molar-refractivity contribution < 1.29 is 0 Å². The Hall–Kier alpha value is -0.896. The van der Waals surface area contributed by atoms with Crippen LogP contribution in [0.2, 0.25) is 39.3 Å². The summed E-state index contributed by atoms with van der Waals surface area (Å²) in [6.07, 6.45) is 1.25. The summed E-state index contributed by atoms with van der Waals surface area (Å²) >= 11 is 0. The van der Waals surface area contributed by atoms with Gasteiger partial charge in [-0.3, -0.25) is 9.32 Å². The summed E-state index contributed by atoms with van der Waals surface area (Å²) in [5.74, 6) is 0. The molecule has 0 amide bonds. The average molecular weight is 228 g/mol. The van der Waals surface area contributed by atoms with Gasteiger partial charge in [0.05, 0.1) is 6.01 Å². The maximum Gasteiger partial charge on any atom is 0.186 e. The van der Waals surface area contributed by atoms with Gasteiger partial charge in [0.1, 0.15) is 0 Å². The second-order valence-electron chi connectivity index (χ2n) is 4.79. The monoisotopic (exact) mass is 228 g/mol. The van der Waals surface area contributed by atoms with Crippen molar-refractivity contribution in [1.29, 1.82) is 5.26 Å². The Balaban J connectivity index is 0. The van der Waals surface area contributed by atoms with Crippen LogP contribution in [0.4, 0.5) is 0 Å². The summed E-state index contributed by atoms with van der Waals surface area (Å²) in [6, 6.07) is 2.84. The van der Waals surface area contributed by atoms with Gasteiger partial charge in [-0.15, -0.1) is 0 Å². The maximum atomic E-state index is 7.10. The van der Waals surface area contributed by atoms with Crippen molar-refractivity contribution in [3.63, 3.8) is 0 Å². The summed E-state index contributed by atoms with van der Waals surface area (Å²) in [5.41, 5.74) is 4.15. The molecule has 0 atom stereocenters. The third-order valence-electron chi connectivity index (χ3n) is 0.771. The average Bonchev–Trinajstić information content (AvgIpc) is 1.81. The first-order valence-electron chi connectivity index (χ1n) is 4.41. The summed E-state index contributed by atoms with van der Waals surface area (Å²) in [4.78, 5) is 0. The van der Waals surface area contributed by atoms with Crippen LogP contribution >= 0.6 is 0 Å². The van der Waals surface area contributed by atoms with Gasteiger partial charge in [0.25, 0.3) is 0 Å². The fraction of sp³-hybridized carbons (Fsp3) is 0.750. The van der Waals surface area contributed by atoms with Crippen molar-refractivity contribution in [1.82, 2.24) is 0 Å². The Morgan fingerprint density at radius 2 is 1.14 bits per heavy atom. The van der Waals surface area contributed by atoms with Crippen LogP contribution in [0.25, 0.3) is 0 Å². The highest BCUT2D eigenvalue weighted by Gasteiger charge is 2.11. The highest BCUT2D eigenvalue weighted by Crippen LogP contribution is 2.02. The normalized spacial score (nSPS) is 10.1. The zero-order valence-electron chi connectivity index (χ0n) is 9.92. The van der Waals surface area contributed by atoms with E-state index in [-0.39, 0.29) is 0 Å². The van der Waals surface area contributed by atoms with Gasteiger partial charge in [-0.25, -0.2) is 0 Å². The van der Waals surface area contributed by atoms with Crippen LogP contribution in [-0.2, 0) is 0 Å². The Labute approximate surface area is 88.7 Å². The molecule has 14 heavy (non-hydrogen) atoms. The van der Waals surface area contributed by atoms with E-state index < -0.39 is 16.5 Å². The lowest BCUT2D eigenvalue weighted by Gasteiger charge is -2.06. The molecule has 0 rings (SSSR count). The van der Waals surface area contributed by atoms with Crippen LogP contribution < -0.4 is 5.73 Å². The van der Waals surface area contributed by atoms with E-state index >= 15 is 0 Å². The van der Waals surface area contributed by atoms with E-state index in [2.05, 4.69) is 60.3 Å². The largest absolute Gasteiger partial charge is 0.337 e. The molecule has 0 fully saturated rings. The molecule has 0 aromatic heterocycles. The van der Waals surface area contributed by atoms with E-state index in [1.807, 2.05) is 0 Å². The minimum Gasteiger partial charge on any atom is -0.337 e. The predicted molar refractivity (Wildman–Crippen MR) is 66.4 cm³/mol. The zero-order chi connectivity index (χ0) is 11.8. The molecular weight excluding hydrogens is 208 g/mol. The SMILES string of the molecule is C[Si](C)(C)N=C=N[Si](C)(C)C.N#CN. The number of rotatable bonds is 2. The number of hydrogen-bond acceptors (Lipinski definition) is 4. The first-order chi connectivity index (χ1) is 6.12. The second-order valence-corrected chi connectivity index (χ2v) is 13.9. The van der Waals surface area contributed by atoms with E-state index in [1.165, 1.54) is 6.19 Å². The molecule has 0 spiro atoms. The molecule has 0 saturated carbocycles. The lowest BCUT2D eigenvalue weighted by Crippen LogP contribution is -2.18. The molecule has 4 nitrogen and oxygen atoms in total. The highest BCUT2D eigenvalue weighted by atomic mass is 28.3. The lowest BCUT2D eigenvalue weighted by molar-refractivity contribution is 1.45. The van der Waals surface area contributed by atoms with Crippen molar-refractivity contribution in [3.8, 4) is 6.19 Å². The van der Waals surface area contributed by atoms with Crippen molar-refractivity contribution in [2.75, 3.05) is 0 Å². The van der Waals surface area contributed by atoms with Crippen molar-refractivity contribution >= 4 is 22.5 Å². The molecule has 0 bridgehead atoms. The molecule has 0 aromatic rings. The first kappa shape index (κ1) is 15.6. The van der Waals surface area contributed by atoms with E-state index in [0.717, 1.165) is 0 Å². The summed E-state index contributed by atoms with van der Waals surface area (Å²) in [7, 11) is -2.63. The quantitative estimate of drug-likeness (QED) is 0.341. The standard InChI is InChI=1S/C7H18N2Si2.CH2N2/c1-10(2,3)8-7-9-11(4,5)6;2-1-3/h1-6H3;2H2. The van der Waals surface area contributed by atoms with Gasteiger partial charge < -0.3 is 5.73 Å². The molecule has 0 saturated heterocycles. The van der Waals surface area contributed by atoms with Crippen LogP contribution in [0, 0.1) is 11.5 Å². The number of nitrogens with two attached hydrogens (primary N) is 1. The molecule has 0 aliphatic rings. The van der Waals surface area contributed by atoms with Gasteiger partial charge in [-0.05, 0) is 39.3 Å². The van der Waals surface area contributed by atoms with E-state index in [1.54, 1.807) is 0 Å². The van der Waals surface area contributed by atoms with Crippen molar-refractivity contribution in [2.24, 2.45) is 15.0 Å². The summed E-state index contributed by atoms with van der Waals surface area (Å²) in [6.45, 7) is 13.1. The molecular formula is C8H20N4Si2. The van der Waals surface area contributed by atoms with Crippen LogP contribution in [0.5, 0.6) is 0 Å². The molecule has 80 valence electrons. The fourth-order valence-corrected chi connectivity index (χ4v) is 1.12. The van der Waals surface area contributed by atoms with Gasteiger partial charge in [0, 0.05) is 0 Å². The highest BCUT2D eigenvalue weighted by molar-refractivity contribution is 6.76. The number of hydrogen-bond donors (Lipinski definition) is 1. The molecule has 0 aromatic carbocycles. The van der Waals surface area contributed by atoms with E-state index in [0.29, 0.717) is 0 Å². The van der Waals surface area contributed by atoms with E-state index in [4.69, 9.17) is 5.26 Å². The van der Waals surface area contributed by atoms with Crippen molar-refractivity contribution in [3.05, 3.63) is 0 Å². The molecule has 2 N–H and O–H groups in total. The van der Waals surface area contributed by atoms with E-state index in [9.17, 15) is 0 Å². The summed E-state index contributed by atoms with van der Waals surface area (Å²) in [5, 5.41) is 7.10.